The molecule has 2 N–H and O–H groups in total. The Labute approximate surface area is 212 Å². The van der Waals surface area contributed by atoms with Crippen molar-refractivity contribution in [2.45, 2.75) is 54.8 Å². The zero-order valence-corrected chi connectivity index (χ0v) is 20.7. The first kappa shape index (κ1) is 26.8. The molecule has 2 aromatic rings. The Morgan fingerprint density at radius 2 is 1.68 bits per heavy atom. The first-order valence-electron chi connectivity index (χ1n) is 11.9. The summed E-state index contributed by atoms with van der Waals surface area (Å²) in [5, 5.41) is 18.1. The van der Waals surface area contributed by atoms with Crippen LogP contribution in [-0.2, 0) is 32.0 Å². The van der Waals surface area contributed by atoms with Gasteiger partial charge in [-0.2, -0.15) is 13.2 Å². The Morgan fingerprint density at radius 3 is 2.32 bits per heavy atom. The quantitative estimate of drug-likeness (QED) is 0.519. The van der Waals surface area contributed by atoms with Gasteiger partial charge in [0.1, 0.15) is 0 Å². The SMILES string of the molecule is O=C(CC(CCC(=O)N1CCc2c1cccc2C(F)(F)F)S(=O)(=O)c1ccc(O)c(O)c1)N1CCCC1. The van der Waals surface area contributed by atoms with Gasteiger partial charge in [0.05, 0.1) is 15.7 Å². The molecular weight excluding hydrogens is 513 g/mol. The van der Waals surface area contributed by atoms with Gasteiger partial charge in [-0.1, -0.05) is 6.07 Å². The maximum absolute atomic E-state index is 13.4. The summed E-state index contributed by atoms with van der Waals surface area (Å²) in [6.07, 6.45) is -3.85. The number of nitrogens with zero attached hydrogens (tertiary/aromatic N) is 2. The molecule has 1 atom stereocenters. The number of hydrogen-bond acceptors (Lipinski definition) is 6. The van der Waals surface area contributed by atoms with E-state index in [2.05, 4.69) is 0 Å². The Kier molecular flexibility index (Phi) is 7.40. The van der Waals surface area contributed by atoms with Crippen molar-refractivity contribution < 1.29 is 41.4 Å². The fourth-order valence-corrected chi connectivity index (χ4v) is 6.62. The lowest BCUT2D eigenvalue weighted by Crippen LogP contribution is -2.35. The molecule has 0 aromatic heterocycles. The first-order chi connectivity index (χ1) is 17.4. The van der Waals surface area contributed by atoms with Gasteiger partial charge in [-0.3, -0.25) is 9.59 Å². The molecule has 2 heterocycles. The number of sulfone groups is 1. The molecule has 0 spiro atoms. The van der Waals surface area contributed by atoms with E-state index in [0.717, 1.165) is 37.1 Å². The highest BCUT2D eigenvalue weighted by Crippen LogP contribution is 2.40. The maximum atomic E-state index is 13.4. The highest BCUT2D eigenvalue weighted by molar-refractivity contribution is 7.92. The van der Waals surface area contributed by atoms with Gasteiger partial charge in [0.15, 0.2) is 21.3 Å². The average Bonchev–Trinajstić information content (AvgIpc) is 3.52. The van der Waals surface area contributed by atoms with Gasteiger partial charge in [-0.05, 0) is 55.5 Å². The largest absolute Gasteiger partial charge is 0.504 e. The molecule has 0 bridgehead atoms. The second kappa shape index (κ2) is 10.2. The molecule has 8 nitrogen and oxygen atoms in total. The van der Waals surface area contributed by atoms with E-state index in [1.54, 1.807) is 4.90 Å². The standard InChI is InChI=1S/C25H27F3N2O6S/c26-25(27,28)19-4-3-5-20-18(19)10-13-30(20)23(33)9-7-17(15-24(34)29-11-1-2-12-29)37(35,36)16-6-8-21(31)22(32)14-16/h3-6,8,14,17,31-32H,1-2,7,9-13,15H2. The maximum Gasteiger partial charge on any atom is 0.416 e. The number of amides is 2. The van der Waals surface area contributed by atoms with Gasteiger partial charge in [-0.15, -0.1) is 0 Å². The molecule has 2 aliphatic rings. The average molecular weight is 541 g/mol. The highest BCUT2D eigenvalue weighted by atomic mass is 32.2. The smallest absolute Gasteiger partial charge is 0.416 e. The molecule has 0 aliphatic carbocycles. The van der Waals surface area contributed by atoms with E-state index >= 15 is 0 Å². The molecule has 12 heteroatoms. The van der Waals surface area contributed by atoms with Crippen molar-refractivity contribution >= 4 is 27.3 Å². The summed E-state index contributed by atoms with van der Waals surface area (Å²) < 4.78 is 67.0. The van der Waals surface area contributed by atoms with Crippen LogP contribution in [0.4, 0.5) is 18.9 Å². The number of alkyl halides is 3. The van der Waals surface area contributed by atoms with Crippen LogP contribution in [-0.4, -0.2) is 60.2 Å². The van der Waals surface area contributed by atoms with E-state index in [1.165, 1.54) is 17.0 Å². The summed E-state index contributed by atoms with van der Waals surface area (Å²) in [5.74, 6) is -2.07. The van der Waals surface area contributed by atoms with Crippen LogP contribution in [0.25, 0.3) is 0 Å². The Balaban J connectivity index is 1.56. The van der Waals surface area contributed by atoms with Crippen molar-refractivity contribution in [3.63, 3.8) is 0 Å². The summed E-state index contributed by atoms with van der Waals surface area (Å²) in [7, 11) is -4.21. The topological polar surface area (TPSA) is 115 Å². The van der Waals surface area contributed by atoms with E-state index in [0.29, 0.717) is 13.1 Å². The van der Waals surface area contributed by atoms with E-state index in [4.69, 9.17) is 0 Å². The van der Waals surface area contributed by atoms with Crippen molar-refractivity contribution in [1.29, 1.82) is 0 Å². The number of likely N-dealkylation sites (tertiary alicyclic amines) is 1. The van der Waals surface area contributed by atoms with Gasteiger partial charge < -0.3 is 20.0 Å². The number of carbonyl (C=O) groups excluding carboxylic acids is 2. The Hall–Kier alpha value is -3.28. The predicted octanol–water partition coefficient (Wildman–Crippen LogP) is 3.64. The first-order valence-corrected chi connectivity index (χ1v) is 13.5. The lowest BCUT2D eigenvalue weighted by molar-refractivity contribution is -0.138. The zero-order valence-electron chi connectivity index (χ0n) is 19.9. The van der Waals surface area contributed by atoms with Gasteiger partial charge in [0.25, 0.3) is 0 Å². The fraction of sp³-hybridized carbons (Fsp3) is 0.440. The van der Waals surface area contributed by atoms with Gasteiger partial charge in [-0.25, -0.2) is 8.42 Å². The number of aromatic hydroxyl groups is 2. The number of phenolic OH excluding ortho intramolecular Hbond substituents is 2. The van der Waals surface area contributed by atoms with Crippen LogP contribution in [0.1, 0.15) is 43.2 Å². The summed E-state index contributed by atoms with van der Waals surface area (Å²) in [4.78, 5) is 28.4. The summed E-state index contributed by atoms with van der Waals surface area (Å²) in [6, 6.07) is 6.63. The molecule has 4 rings (SSSR count). The lowest BCUT2D eigenvalue weighted by atomic mass is 10.0. The van der Waals surface area contributed by atoms with Crippen molar-refractivity contribution in [2.75, 3.05) is 24.5 Å². The third-order valence-electron chi connectivity index (χ3n) is 6.89. The molecule has 2 aromatic carbocycles. The van der Waals surface area contributed by atoms with Crippen LogP contribution in [0.15, 0.2) is 41.3 Å². The van der Waals surface area contributed by atoms with Crippen LogP contribution in [0.3, 0.4) is 0 Å². The normalized spacial score (nSPS) is 16.6. The zero-order chi connectivity index (χ0) is 27.0. The van der Waals surface area contributed by atoms with Crippen LogP contribution in [0.2, 0.25) is 0 Å². The molecular formula is C25H27F3N2O6S. The second-order valence-corrected chi connectivity index (χ2v) is 11.5. The molecule has 200 valence electrons. The van der Waals surface area contributed by atoms with Gasteiger partial charge >= 0.3 is 6.18 Å². The molecule has 0 radical (unpaired) electrons. The van der Waals surface area contributed by atoms with E-state index in [-0.39, 0.29) is 54.3 Å². The minimum Gasteiger partial charge on any atom is -0.504 e. The molecule has 2 aliphatic heterocycles. The Bertz CT molecular complexity index is 1310. The van der Waals surface area contributed by atoms with Crippen LogP contribution in [0.5, 0.6) is 11.5 Å². The lowest BCUT2D eigenvalue weighted by Gasteiger charge is -2.23. The molecule has 0 saturated carbocycles. The van der Waals surface area contributed by atoms with Crippen LogP contribution in [0, 0.1) is 0 Å². The number of anilines is 1. The van der Waals surface area contributed by atoms with Crippen molar-refractivity contribution in [2.24, 2.45) is 0 Å². The van der Waals surface area contributed by atoms with E-state index in [1.807, 2.05) is 0 Å². The third-order valence-corrected chi connectivity index (χ3v) is 9.08. The number of hydrogen-bond donors (Lipinski definition) is 2. The summed E-state index contributed by atoms with van der Waals surface area (Å²) in [5.41, 5.74) is -0.628. The van der Waals surface area contributed by atoms with E-state index < -0.39 is 44.2 Å². The van der Waals surface area contributed by atoms with Crippen molar-refractivity contribution in [3.8, 4) is 11.5 Å². The molecule has 1 saturated heterocycles. The molecule has 1 fully saturated rings. The fourth-order valence-electron chi connectivity index (χ4n) is 4.91. The Morgan fingerprint density at radius 1 is 0.973 bits per heavy atom. The van der Waals surface area contributed by atoms with Crippen LogP contribution < -0.4 is 4.90 Å². The number of fused-ring (bicyclic) bond motifs is 1. The minimum absolute atomic E-state index is 0.0244. The van der Waals surface area contributed by atoms with Crippen LogP contribution >= 0.6 is 0 Å². The number of carbonyl (C=O) groups is 2. The predicted molar refractivity (Wildman–Crippen MR) is 128 cm³/mol. The number of benzene rings is 2. The monoisotopic (exact) mass is 540 g/mol. The number of phenols is 2. The number of rotatable bonds is 7. The highest BCUT2D eigenvalue weighted by Gasteiger charge is 2.38. The molecule has 2 amide bonds. The van der Waals surface area contributed by atoms with Crippen molar-refractivity contribution in [1.82, 2.24) is 4.90 Å². The van der Waals surface area contributed by atoms with Gasteiger partial charge in [0, 0.05) is 44.2 Å². The van der Waals surface area contributed by atoms with Crippen molar-refractivity contribution in [3.05, 3.63) is 47.5 Å². The molecule has 37 heavy (non-hydrogen) atoms. The van der Waals surface area contributed by atoms with Gasteiger partial charge in [0.2, 0.25) is 11.8 Å². The third kappa shape index (κ3) is 5.53. The minimum atomic E-state index is -4.56. The second-order valence-electron chi connectivity index (χ2n) is 9.24. The summed E-state index contributed by atoms with van der Waals surface area (Å²) in [6.45, 7) is 1.06. The molecule has 1 unspecified atom stereocenters. The van der Waals surface area contributed by atoms with E-state index in [9.17, 15) is 41.4 Å². The summed E-state index contributed by atoms with van der Waals surface area (Å²) >= 11 is 0. The number of halogens is 3.